The summed E-state index contributed by atoms with van der Waals surface area (Å²) in [6.07, 6.45) is 0.710. The van der Waals surface area contributed by atoms with E-state index in [-0.39, 0.29) is 47.2 Å². The van der Waals surface area contributed by atoms with Crippen LogP contribution in [0, 0.1) is 17.0 Å². The summed E-state index contributed by atoms with van der Waals surface area (Å²) >= 11 is 0. The van der Waals surface area contributed by atoms with Gasteiger partial charge in [-0.1, -0.05) is 6.07 Å². The van der Waals surface area contributed by atoms with E-state index in [0.29, 0.717) is 11.2 Å². The maximum atomic E-state index is 11.7. The Morgan fingerprint density at radius 3 is 2.74 bits per heavy atom. The molecule has 4 aromatic rings. The number of phenols is 1. The summed E-state index contributed by atoms with van der Waals surface area (Å²) in [4.78, 5) is 27.7. The Morgan fingerprint density at radius 2 is 2.06 bits per heavy atom. The number of fused-ring (bicyclic) bond motifs is 1. The molecule has 0 aliphatic carbocycles. The fourth-order valence-corrected chi connectivity index (χ4v) is 3.42. The molecule has 2 heterocycles. The van der Waals surface area contributed by atoms with E-state index in [9.17, 15) is 14.8 Å². The Balaban J connectivity index is 1.89. The van der Waals surface area contributed by atoms with E-state index >= 15 is 0 Å². The number of carbonyl (C=O) groups is 1. The van der Waals surface area contributed by atoms with Gasteiger partial charge in [-0.05, 0) is 32.9 Å². The molecule has 0 aliphatic rings. The third-order valence-electron chi connectivity index (χ3n) is 4.94. The third-order valence-corrected chi connectivity index (χ3v) is 4.94. The molecule has 0 saturated carbocycles. The molecule has 12 nitrogen and oxygen atoms in total. The van der Waals surface area contributed by atoms with Crippen LogP contribution in [0.4, 0.5) is 10.7 Å². The molecule has 0 radical (unpaired) electrons. The number of carbonyl (C=O) groups excluding carboxylic acids is 1. The van der Waals surface area contributed by atoms with Gasteiger partial charge < -0.3 is 23.9 Å². The molecule has 0 aliphatic heterocycles. The minimum absolute atomic E-state index is 0.0596. The van der Waals surface area contributed by atoms with Crippen LogP contribution in [0.2, 0.25) is 0 Å². The number of nitroso groups, excluding NO2 is 1. The highest BCUT2D eigenvalue weighted by molar-refractivity contribution is 5.85. The normalized spacial score (nSPS) is 10.9. The number of phenolic OH excluding ortho intramolecular Hbond substituents is 1. The molecule has 2 aromatic heterocycles. The lowest BCUT2D eigenvalue weighted by molar-refractivity contribution is 0.103. The van der Waals surface area contributed by atoms with Crippen molar-refractivity contribution in [1.82, 2.24) is 24.3 Å². The van der Waals surface area contributed by atoms with Gasteiger partial charge in [0.05, 0.1) is 31.1 Å². The number of hydrogen-bond donors (Lipinski definition) is 1. The van der Waals surface area contributed by atoms with Crippen LogP contribution >= 0.6 is 0 Å². The van der Waals surface area contributed by atoms with E-state index in [2.05, 4.69) is 32.5 Å². The molecule has 0 amide bonds. The van der Waals surface area contributed by atoms with Gasteiger partial charge in [0.1, 0.15) is 17.0 Å². The molecule has 0 saturated heterocycles. The van der Waals surface area contributed by atoms with Crippen molar-refractivity contribution in [3.05, 3.63) is 41.6 Å². The highest BCUT2D eigenvalue weighted by Crippen LogP contribution is 2.41. The molecule has 174 valence electrons. The first-order valence-electron chi connectivity index (χ1n) is 10.2. The van der Waals surface area contributed by atoms with E-state index in [1.807, 2.05) is 18.4 Å². The number of imidazole rings is 1. The van der Waals surface area contributed by atoms with Gasteiger partial charge in [-0.3, -0.25) is 0 Å². The van der Waals surface area contributed by atoms with E-state index < -0.39 is 6.16 Å². The number of benzene rings is 1. The molecular formula is C22H20N6O6. The first-order valence-corrected chi connectivity index (χ1v) is 10.2. The number of aromatic hydroxyl groups is 1. The first kappa shape index (κ1) is 22.5. The molecule has 2 aromatic carbocycles. The van der Waals surface area contributed by atoms with Crippen LogP contribution in [0.5, 0.6) is 17.2 Å². The summed E-state index contributed by atoms with van der Waals surface area (Å²) in [5, 5.41) is 21.6. The standard InChI is InChI=1S/C22H20N6O6/c1-5-33-22(30)34-18-10-16(29)13(9-17(18)32-4)20-24-25-21(26-31)28(20)15-8-6-7-14-19(15)23-11-27(14)12(2)3/h7,9-12,29H,5H2,1-4H3. The molecule has 4 rings (SSSR count). The fourth-order valence-electron chi connectivity index (χ4n) is 3.42. The summed E-state index contributed by atoms with van der Waals surface area (Å²) < 4.78 is 18.4. The Bertz CT molecular complexity index is 1380. The predicted molar refractivity (Wildman–Crippen MR) is 119 cm³/mol. The summed E-state index contributed by atoms with van der Waals surface area (Å²) in [6.45, 7) is 5.75. The second-order valence-electron chi connectivity index (χ2n) is 7.30. The fraction of sp³-hybridized carbons (Fsp3) is 0.273. The van der Waals surface area contributed by atoms with Crippen LogP contribution in [-0.4, -0.2) is 49.3 Å². The maximum absolute atomic E-state index is 11.7. The lowest BCUT2D eigenvalue weighted by Gasteiger charge is -2.13. The third kappa shape index (κ3) is 3.83. The lowest BCUT2D eigenvalue weighted by atomic mass is 10.1. The molecule has 12 heteroatoms. The molecule has 0 bridgehead atoms. The summed E-state index contributed by atoms with van der Waals surface area (Å²) in [7, 11) is 1.36. The van der Waals surface area contributed by atoms with Gasteiger partial charge in [-0.15, -0.1) is 15.1 Å². The van der Waals surface area contributed by atoms with Gasteiger partial charge in [-0.25, -0.2) is 14.3 Å². The number of ether oxygens (including phenoxy) is 3. The van der Waals surface area contributed by atoms with Crippen LogP contribution in [0.1, 0.15) is 26.8 Å². The lowest BCUT2D eigenvalue weighted by Crippen LogP contribution is -2.11. The maximum Gasteiger partial charge on any atom is 0.513 e. The summed E-state index contributed by atoms with van der Waals surface area (Å²) in [6, 6.07) is 10.3. The zero-order valence-electron chi connectivity index (χ0n) is 18.8. The van der Waals surface area contributed by atoms with Gasteiger partial charge in [-0.2, -0.15) is 0 Å². The average molecular weight is 464 g/mol. The first-order chi connectivity index (χ1) is 16.4. The SMILES string of the molecule is CCOC(=O)Oc1cc(O)c(-c2nnc(N=O)n2-c2c#ccc3c2ncn3C(C)C)cc1OC. The van der Waals surface area contributed by atoms with Gasteiger partial charge >= 0.3 is 6.16 Å². The Labute approximate surface area is 193 Å². The molecular weight excluding hydrogens is 444 g/mol. The molecule has 0 spiro atoms. The summed E-state index contributed by atoms with van der Waals surface area (Å²) in [5.74, 6) is -0.510. The van der Waals surface area contributed by atoms with Crippen LogP contribution in [0.25, 0.3) is 28.1 Å². The Morgan fingerprint density at radius 1 is 1.26 bits per heavy atom. The van der Waals surface area contributed by atoms with Gasteiger partial charge in [0.25, 0.3) is 5.95 Å². The highest BCUT2D eigenvalue weighted by Gasteiger charge is 2.24. The summed E-state index contributed by atoms with van der Waals surface area (Å²) in [5.41, 5.74) is 1.70. The van der Waals surface area contributed by atoms with Crippen molar-refractivity contribution in [3.8, 4) is 34.3 Å². The van der Waals surface area contributed by atoms with Gasteiger partial charge in [0.2, 0.25) is 0 Å². The van der Waals surface area contributed by atoms with Crippen molar-refractivity contribution in [2.24, 2.45) is 5.18 Å². The van der Waals surface area contributed by atoms with E-state index in [1.54, 1.807) is 19.3 Å². The van der Waals surface area contributed by atoms with Crippen LogP contribution in [-0.2, 0) is 4.74 Å². The molecule has 0 unspecified atom stereocenters. The quantitative estimate of drug-likeness (QED) is 0.243. The van der Waals surface area contributed by atoms with Crippen molar-refractivity contribution in [2.75, 3.05) is 13.7 Å². The minimum atomic E-state index is -0.957. The predicted octanol–water partition coefficient (Wildman–Crippen LogP) is 4.11. The van der Waals surface area contributed by atoms with Crippen LogP contribution < -0.4 is 9.47 Å². The Kier molecular flexibility index (Phi) is 6.01. The van der Waals surface area contributed by atoms with Crippen molar-refractivity contribution >= 4 is 23.1 Å². The minimum Gasteiger partial charge on any atom is -0.507 e. The molecule has 0 atom stereocenters. The van der Waals surface area contributed by atoms with Crippen molar-refractivity contribution in [2.45, 2.75) is 26.8 Å². The van der Waals surface area contributed by atoms with Gasteiger partial charge in [0, 0.05) is 23.4 Å². The van der Waals surface area contributed by atoms with Crippen molar-refractivity contribution in [3.63, 3.8) is 0 Å². The average Bonchev–Trinajstić information content (AvgIpc) is 3.43. The van der Waals surface area contributed by atoms with Crippen LogP contribution in [0.3, 0.4) is 0 Å². The number of rotatable bonds is 7. The smallest absolute Gasteiger partial charge is 0.507 e. The molecule has 0 fully saturated rings. The van der Waals surface area contributed by atoms with E-state index in [1.165, 1.54) is 23.8 Å². The zero-order chi connectivity index (χ0) is 24.4. The van der Waals surface area contributed by atoms with E-state index in [4.69, 9.17) is 14.2 Å². The monoisotopic (exact) mass is 464 g/mol. The topological polar surface area (TPSA) is 143 Å². The second kappa shape index (κ2) is 9.07. The van der Waals surface area contributed by atoms with Crippen molar-refractivity contribution < 1.29 is 24.1 Å². The van der Waals surface area contributed by atoms with Crippen LogP contribution in [0.15, 0.2) is 29.7 Å². The largest absolute Gasteiger partial charge is 0.513 e. The number of hydrogen-bond acceptors (Lipinski definition) is 10. The van der Waals surface area contributed by atoms with E-state index in [0.717, 1.165) is 5.52 Å². The van der Waals surface area contributed by atoms with Crippen molar-refractivity contribution in [1.29, 1.82) is 0 Å². The number of aromatic nitrogens is 5. The second-order valence-corrected chi connectivity index (χ2v) is 7.30. The highest BCUT2D eigenvalue weighted by atomic mass is 16.7. The molecule has 1 N–H and O–H groups in total. The number of methoxy groups -OCH3 is 1. The Hall–Kier alpha value is -4.66. The molecule has 34 heavy (non-hydrogen) atoms. The number of nitrogens with zero attached hydrogens (tertiary/aromatic N) is 6. The zero-order valence-corrected chi connectivity index (χ0v) is 18.8. The van der Waals surface area contributed by atoms with Gasteiger partial charge in [0.15, 0.2) is 17.3 Å².